The number of nitrogens with zero attached hydrogens (tertiary/aromatic N) is 1. The topological polar surface area (TPSA) is 54.0 Å². The molecule has 1 aliphatic heterocycles. The summed E-state index contributed by atoms with van der Waals surface area (Å²) < 4.78 is 0. The fourth-order valence-electron chi connectivity index (χ4n) is 2.53. The molecule has 1 fully saturated rings. The molecular weight excluding hydrogens is 250 g/mol. The smallest absolute Gasteiger partial charge is 0.237 e. The first-order chi connectivity index (χ1) is 9.84. The molecule has 0 aliphatic carbocycles. The van der Waals surface area contributed by atoms with Crippen LogP contribution < -0.4 is 10.6 Å². The van der Waals surface area contributed by atoms with Crippen LogP contribution in [0.5, 0.6) is 0 Å². The largest absolute Gasteiger partial charge is 0.353 e. The van der Waals surface area contributed by atoms with Crippen LogP contribution in [0.25, 0.3) is 11.1 Å². The third-order valence-electron chi connectivity index (χ3n) is 3.55. The van der Waals surface area contributed by atoms with Crippen molar-refractivity contribution in [1.29, 1.82) is 0 Å². The molecule has 102 valence electrons. The summed E-state index contributed by atoms with van der Waals surface area (Å²) in [6.45, 7) is 1.53. The van der Waals surface area contributed by atoms with Crippen molar-refractivity contribution in [2.24, 2.45) is 0 Å². The van der Waals surface area contributed by atoms with Crippen molar-refractivity contribution in [2.75, 3.05) is 13.1 Å². The average molecular weight is 267 g/mol. The van der Waals surface area contributed by atoms with Gasteiger partial charge in [-0.1, -0.05) is 30.3 Å². The van der Waals surface area contributed by atoms with E-state index in [0.29, 0.717) is 13.0 Å². The minimum Gasteiger partial charge on any atom is -0.353 e. The van der Waals surface area contributed by atoms with Crippen molar-refractivity contribution in [3.8, 4) is 11.1 Å². The molecule has 0 bridgehead atoms. The van der Waals surface area contributed by atoms with E-state index in [1.54, 1.807) is 6.20 Å². The fourth-order valence-corrected chi connectivity index (χ4v) is 2.53. The molecule has 2 heterocycles. The molecule has 2 N–H and O–H groups in total. The van der Waals surface area contributed by atoms with E-state index >= 15 is 0 Å². The molecule has 0 unspecified atom stereocenters. The van der Waals surface area contributed by atoms with Crippen LogP contribution in [0.4, 0.5) is 0 Å². The monoisotopic (exact) mass is 267 g/mol. The van der Waals surface area contributed by atoms with Crippen LogP contribution in [0.1, 0.15) is 5.56 Å². The Kier molecular flexibility index (Phi) is 3.74. The Morgan fingerprint density at radius 1 is 1.15 bits per heavy atom. The molecule has 1 amide bonds. The second-order valence-electron chi connectivity index (χ2n) is 4.90. The predicted molar refractivity (Wildman–Crippen MR) is 78.2 cm³/mol. The van der Waals surface area contributed by atoms with Gasteiger partial charge < -0.3 is 10.6 Å². The molecular formula is C16H17N3O. The Bertz CT molecular complexity index is 598. The highest BCUT2D eigenvalue weighted by atomic mass is 16.2. The van der Waals surface area contributed by atoms with Gasteiger partial charge in [-0.15, -0.1) is 0 Å². The quantitative estimate of drug-likeness (QED) is 0.883. The van der Waals surface area contributed by atoms with Crippen molar-refractivity contribution in [1.82, 2.24) is 15.6 Å². The standard InChI is InChI=1S/C16H17N3O/c20-16-15(18-8-9-19-16)10-12-4-1-2-6-14(12)13-5-3-7-17-11-13/h1-7,11,15,18H,8-10H2,(H,19,20)/t15-/m0/s1. The van der Waals surface area contributed by atoms with Gasteiger partial charge in [-0.05, 0) is 23.6 Å². The Morgan fingerprint density at radius 2 is 2.05 bits per heavy atom. The summed E-state index contributed by atoms with van der Waals surface area (Å²) in [6.07, 6.45) is 4.31. The maximum absolute atomic E-state index is 11.9. The molecule has 1 aromatic heterocycles. The van der Waals surface area contributed by atoms with Crippen molar-refractivity contribution in [3.05, 3.63) is 54.4 Å². The summed E-state index contributed by atoms with van der Waals surface area (Å²) >= 11 is 0. The third-order valence-corrected chi connectivity index (χ3v) is 3.55. The molecule has 1 saturated heterocycles. The van der Waals surface area contributed by atoms with E-state index in [2.05, 4.69) is 27.8 Å². The minimum absolute atomic E-state index is 0.0808. The predicted octanol–water partition coefficient (Wildman–Crippen LogP) is 1.38. The van der Waals surface area contributed by atoms with Crippen LogP contribution in [-0.4, -0.2) is 30.0 Å². The van der Waals surface area contributed by atoms with Gasteiger partial charge >= 0.3 is 0 Å². The van der Waals surface area contributed by atoms with E-state index in [-0.39, 0.29) is 11.9 Å². The highest BCUT2D eigenvalue weighted by Crippen LogP contribution is 2.23. The van der Waals surface area contributed by atoms with E-state index in [4.69, 9.17) is 0 Å². The Balaban J connectivity index is 1.88. The summed E-state index contributed by atoms with van der Waals surface area (Å²) in [4.78, 5) is 16.0. The zero-order chi connectivity index (χ0) is 13.8. The molecule has 0 saturated carbocycles. The second-order valence-corrected chi connectivity index (χ2v) is 4.90. The van der Waals surface area contributed by atoms with Gasteiger partial charge in [0, 0.05) is 31.0 Å². The summed E-state index contributed by atoms with van der Waals surface area (Å²) in [7, 11) is 0. The van der Waals surface area contributed by atoms with Gasteiger partial charge in [0.05, 0.1) is 6.04 Å². The molecule has 0 radical (unpaired) electrons. The number of carbonyl (C=O) groups excluding carboxylic acids is 1. The number of hydrogen-bond acceptors (Lipinski definition) is 3. The number of piperazine rings is 1. The van der Waals surface area contributed by atoms with Crippen LogP contribution in [0.2, 0.25) is 0 Å². The van der Waals surface area contributed by atoms with E-state index < -0.39 is 0 Å². The highest BCUT2D eigenvalue weighted by Gasteiger charge is 2.22. The van der Waals surface area contributed by atoms with Crippen molar-refractivity contribution in [3.63, 3.8) is 0 Å². The van der Waals surface area contributed by atoms with Gasteiger partial charge in [-0.3, -0.25) is 9.78 Å². The third kappa shape index (κ3) is 2.70. The zero-order valence-electron chi connectivity index (χ0n) is 11.2. The number of hydrogen-bond donors (Lipinski definition) is 2. The van der Waals surface area contributed by atoms with Crippen LogP contribution in [-0.2, 0) is 11.2 Å². The maximum atomic E-state index is 11.9. The summed E-state index contributed by atoms with van der Waals surface area (Å²) in [5, 5.41) is 6.17. The molecule has 3 rings (SSSR count). The number of benzene rings is 1. The molecule has 4 heteroatoms. The number of pyridine rings is 1. The van der Waals surface area contributed by atoms with Crippen molar-refractivity contribution >= 4 is 5.91 Å². The lowest BCUT2D eigenvalue weighted by Gasteiger charge is -2.24. The second kappa shape index (κ2) is 5.84. The van der Waals surface area contributed by atoms with Crippen LogP contribution in [0.3, 0.4) is 0 Å². The molecule has 0 spiro atoms. The summed E-state index contributed by atoms with van der Waals surface area (Å²) in [5.41, 5.74) is 3.38. The number of aromatic nitrogens is 1. The van der Waals surface area contributed by atoms with Crippen LogP contribution in [0.15, 0.2) is 48.8 Å². The normalized spacial score (nSPS) is 18.6. The molecule has 2 aromatic rings. The van der Waals surface area contributed by atoms with Crippen molar-refractivity contribution < 1.29 is 4.79 Å². The number of nitrogens with one attached hydrogen (secondary N) is 2. The fraction of sp³-hybridized carbons (Fsp3) is 0.250. The van der Waals surface area contributed by atoms with Gasteiger partial charge in [0.2, 0.25) is 5.91 Å². The van der Waals surface area contributed by atoms with Crippen molar-refractivity contribution in [2.45, 2.75) is 12.5 Å². The number of amides is 1. The lowest BCUT2D eigenvalue weighted by molar-refractivity contribution is -0.124. The molecule has 1 aromatic carbocycles. The number of rotatable bonds is 3. The summed E-state index contributed by atoms with van der Waals surface area (Å²) in [5.74, 6) is 0.0808. The van der Waals surface area contributed by atoms with Gasteiger partial charge in [0.1, 0.15) is 0 Å². The van der Waals surface area contributed by atoms with Gasteiger partial charge in [-0.25, -0.2) is 0 Å². The molecule has 20 heavy (non-hydrogen) atoms. The van der Waals surface area contributed by atoms with Crippen LogP contribution in [0, 0.1) is 0 Å². The molecule has 1 aliphatic rings. The first kappa shape index (κ1) is 12.8. The Morgan fingerprint density at radius 3 is 2.85 bits per heavy atom. The highest BCUT2D eigenvalue weighted by molar-refractivity contribution is 5.83. The lowest BCUT2D eigenvalue weighted by Crippen LogP contribution is -2.53. The van der Waals surface area contributed by atoms with Crippen LogP contribution >= 0.6 is 0 Å². The zero-order valence-corrected chi connectivity index (χ0v) is 11.2. The lowest BCUT2D eigenvalue weighted by atomic mass is 9.95. The van der Waals surface area contributed by atoms with Gasteiger partial charge in [-0.2, -0.15) is 0 Å². The number of carbonyl (C=O) groups is 1. The van der Waals surface area contributed by atoms with Gasteiger partial charge in [0.25, 0.3) is 0 Å². The maximum Gasteiger partial charge on any atom is 0.237 e. The van der Waals surface area contributed by atoms with E-state index in [1.165, 1.54) is 0 Å². The molecule has 4 nitrogen and oxygen atoms in total. The van der Waals surface area contributed by atoms with E-state index in [9.17, 15) is 4.79 Å². The average Bonchev–Trinajstić information content (AvgIpc) is 2.51. The Labute approximate surface area is 118 Å². The van der Waals surface area contributed by atoms with E-state index in [1.807, 2.05) is 30.5 Å². The Hall–Kier alpha value is -2.20. The summed E-state index contributed by atoms with van der Waals surface area (Å²) in [6, 6.07) is 12.0. The van der Waals surface area contributed by atoms with Gasteiger partial charge in [0.15, 0.2) is 0 Å². The minimum atomic E-state index is -0.151. The first-order valence-corrected chi connectivity index (χ1v) is 6.84. The first-order valence-electron chi connectivity index (χ1n) is 6.84. The van der Waals surface area contributed by atoms with E-state index in [0.717, 1.165) is 23.2 Å². The SMILES string of the molecule is O=C1NCCN[C@H]1Cc1ccccc1-c1cccnc1. The molecule has 1 atom stereocenters.